The summed E-state index contributed by atoms with van der Waals surface area (Å²) in [6, 6.07) is 7.70. The van der Waals surface area contributed by atoms with Crippen LogP contribution >= 0.6 is 0 Å². The molecule has 1 aromatic carbocycles. The maximum atomic E-state index is 11.3. The number of carbonyl (C=O) groups is 1. The van der Waals surface area contributed by atoms with Crippen molar-refractivity contribution in [2.45, 2.75) is 18.9 Å². The Kier molecular flexibility index (Phi) is 4.20. The smallest absolute Gasteiger partial charge is 0.337 e. The van der Waals surface area contributed by atoms with E-state index in [-0.39, 0.29) is 5.97 Å². The van der Waals surface area contributed by atoms with Crippen LogP contribution in [0.5, 0.6) is 0 Å². The van der Waals surface area contributed by atoms with E-state index >= 15 is 0 Å². The van der Waals surface area contributed by atoms with Gasteiger partial charge in [0.1, 0.15) is 0 Å². The van der Waals surface area contributed by atoms with Gasteiger partial charge in [0.2, 0.25) is 0 Å². The minimum absolute atomic E-state index is 0.308. The normalized spacial score (nSPS) is 16.1. The van der Waals surface area contributed by atoms with Crippen molar-refractivity contribution in [1.82, 2.24) is 0 Å². The molecule has 1 aromatic rings. The van der Waals surface area contributed by atoms with Crippen molar-refractivity contribution in [3.63, 3.8) is 0 Å². The van der Waals surface area contributed by atoms with Crippen molar-refractivity contribution in [2.75, 3.05) is 26.1 Å². The van der Waals surface area contributed by atoms with Gasteiger partial charge in [0.25, 0.3) is 0 Å². The van der Waals surface area contributed by atoms with Gasteiger partial charge in [0.15, 0.2) is 0 Å². The second-order valence-electron chi connectivity index (χ2n) is 4.61. The summed E-state index contributed by atoms with van der Waals surface area (Å²) < 4.78 is 9.88. The summed E-state index contributed by atoms with van der Waals surface area (Å²) in [5.41, 5.74) is 1.58. The number of esters is 1. The average molecular weight is 249 g/mol. The van der Waals surface area contributed by atoms with Crippen LogP contribution in [0.25, 0.3) is 0 Å². The van der Waals surface area contributed by atoms with Gasteiger partial charge < -0.3 is 14.8 Å². The molecule has 1 unspecified atom stereocenters. The highest BCUT2D eigenvalue weighted by atomic mass is 16.5. The van der Waals surface area contributed by atoms with E-state index < -0.39 is 0 Å². The molecule has 0 amide bonds. The van der Waals surface area contributed by atoms with Crippen molar-refractivity contribution in [3.8, 4) is 0 Å². The molecule has 0 aliphatic heterocycles. The first-order chi connectivity index (χ1) is 8.74. The number of carbonyl (C=O) groups excluding carboxylic acids is 1. The molecule has 4 nitrogen and oxygen atoms in total. The minimum Gasteiger partial charge on any atom is -0.465 e. The van der Waals surface area contributed by atoms with E-state index in [1.807, 2.05) is 12.1 Å². The molecule has 1 aliphatic rings. The Bertz CT molecular complexity index is 398. The summed E-state index contributed by atoms with van der Waals surface area (Å²) in [7, 11) is 3.10. The third-order valence-corrected chi connectivity index (χ3v) is 3.20. The number of benzene rings is 1. The zero-order chi connectivity index (χ0) is 13.0. The van der Waals surface area contributed by atoms with Crippen LogP contribution in [0.1, 0.15) is 23.2 Å². The van der Waals surface area contributed by atoms with E-state index in [2.05, 4.69) is 10.1 Å². The zero-order valence-corrected chi connectivity index (χ0v) is 10.8. The quantitative estimate of drug-likeness (QED) is 0.786. The molecule has 1 atom stereocenters. The molecule has 18 heavy (non-hydrogen) atoms. The number of rotatable bonds is 6. The Morgan fingerprint density at radius 2 is 2.00 bits per heavy atom. The standard InChI is InChI=1S/C14H19NO3/c1-17-9-13(10-3-4-10)15-12-7-5-11(6-8-12)14(16)18-2/h5-8,10,13,15H,3-4,9H2,1-2H3. The molecule has 0 aromatic heterocycles. The first-order valence-corrected chi connectivity index (χ1v) is 6.18. The van der Waals surface area contributed by atoms with Crippen LogP contribution in [0, 0.1) is 5.92 Å². The fourth-order valence-electron chi connectivity index (χ4n) is 2.01. The molecule has 0 saturated heterocycles. The maximum Gasteiger partial charge on any atom is 0.337 e. The summed E-state index contributed by atoms with van der Waals surface area (Å²) >= 11 is 0. The van der Waals surface area contributed by atoms with Crippen LogP contribution in [0.4, 0.5) is 5.69 Å². The molecule has 1 aliphatic carbocycles. The molecule has 1 N–H and O–H groups in total. The Morgan fingerprint density at radius 1 is 1.33 bits per heavy atom. The fourth-order valence-corrected chi connectivity index (χ4v) is 2.01. The van der Waals surface area contributed by atoms with E-state index in [0.29, 0.717) is 24.1 Å². The van der Waals surface area contributed by atoms with Crippen molar-refractivity contribution in [3.05, 3.63) is 29.8 Å². The van der Waals surface area contributed by atoms with Crippen LogP contribution in [0.3, 0.4) is 0 Å². The molecule has 0 spiro atoms. The lowest BCUT2D eigenvalue weighted by Crippen LogP contribution is -2.27. The van der Waals surface area contributed by atoms with Gasteiger partial charge in [-0.05, 0) is 43.0 Å². The van der Waals surface area contributed by atoms with Crippen LogP contribution in [-0.4, -0.2) is 32.8 Å². The number of hydrogen-bond acceptors (Lipinski definition) is 4. The van der Waals surface area contributed by atoms with E-state index in [9.17, 15) is 4.79 Å². The predicted octanol–water partition coefficient (Wildman–Crippen LogP) is 2.31. The molecular weight excluding hydrogens is 230 g/mol. The van der Waals surface area contributed by atoms with Crippen molar-refractivity contribution >= 4 is 11.7 Å². The van der Waals surface area contributed by atoms with E-state index in [0.717, 1.165) is 5.69 Å². The summed E-state index contributed by atoms with van der Waals surface area (Å²) in [6.45, 7) is 0.712. The molecule has 1 saturated carbocycles. The Balaban J connectivity index is 1.98. The first-order valence-electron chi connectivity index (χ1n) is 6.18. The second kappa shape index (κ2) is 5.87. The fraction of sp³-hybridized carbons (Fsp3) is 0.500. The highest BCUT2D eigenvalue weighted by Gasteiger charge is 2.31. The van der Waals surface area contributed by atoms with Crippen LogP contribution in [-0.2, 0) is 9.47 Å². The Morgan fingerprint density at radius 3 is 2.50 bits per heavy atom. The van der Waals surface area contributed by atoms with Crippen LogP contribution in [0.2, 0.25) is 0 Å². The molecule has 0 bridgehead atoms. The third-order valence-electron chi connectivity index (χ3n) is 3.20. The monoisotopic (exact) mass is 249 g/mol. The van der Waals surface area contributed by atoms with E-state index in [1.54, 1.807) is 19.2 Å². The molecule has 0 radical (unpaired) electrons. The second-order valence-corrected chi connectivity index (χ2v) is 4.61. The van der Waals surface area contributed by atoms with Gasteiger partial charge in [0, 0.05) is 12.8 Å². The lowest BCUT2D eigenvalue weighted by atomic mass is 10.1. The molecule has 0 heterocycles. The molecular formula is C14H19NO3. The zero-order valence-electron chi connectivity index (χ0n) is 10.8. The Labute approximate surface area is 107 Å². The topological polar surface area (TPSA) is 47.6 Å². The molecule has 1 fully saturated rings. The summed E-state index contributed by atoms with van der Waals surface area (Å²) in [6.07, 6.45) is 2.53. The number of methoxy groups -OCH3 is 2. The van der Waals surface area contributed by atoms with Gasteiger partial charge in [-0.2, -0.15) is 0 Å². The van der Waals surface area contributed by atoms with E-state index in [1.165, 1.54) is 20.0 Å². The molecule has 2 rings (SSSR count). The highest BCUT2D eigenvalue weighted by molar-refractivity contribution is 5.89. The SMILES string of the molecule is COCC(Nc1ccc(C(=O)OC)cc1)C1CC1. The van der Waals surface area contributed by atoms with Crippen molar-refractivity contribution in [1.29, 1.82) is 0 Å². The lowest BCUT2D eigenvalue weighted by Gasteiger charge is -2.18. The highest BCUT2D eigenvalue weighted by Crippen LogP contribution is 2.34. The van der Waals surface area contributed by atoms with Gasteiger partial charge in [-0.3, -0.25) is 0 Å². The Hall–Kier alpha value is -1.55. The predicted molar refractivity (Wildman–Crippen MR) is 69.8 cm³/mol. The van der Waals surface area contributed by atoms with Crippen LogP contribution < -0.4 is 5.32 Å². The number of anilines is 1. The van der Waals surface area contributed by atoms with Gasteiger partial charge in [-0.25, -0.2) is 4.79 Å². The van der Waals surface area contributed by atoms with Gasteiger partial charge in [-0.1, -0.05) is 0 Å². The minimum atomic E-state index is -0.308. The summed E-state index contributed by atoms with van der Waals surface area (Å²) in [4.78, 5) is 11.3. The maximum absolute atomic E-state index is 11.3. The van der Waals surface area contributed by atoms with E-state index in [4.69, 9.17) is 4.74 Å². The molecule has 98 valence electrons. The largest absolute Gasteiger partial charge is 0.465 e. The number of nitrogens with one attached hydrogen (secondary N) is 1. The first kappa shape index (κ1) is 12.9. The average Bonchev–Trinajstić information content (AvgIpc) is 3.22. The van der Waals surface area contributed by atoms with Crippen molar-refractivity contribution in [2.24, 2.45) is 5.92 Å². The summed E-state index contributed by atoms with van der Waals surface area (Å²) in [5, 5.41) is 3.45. The van der Waals surface area contributed by atoms with Gasteiger partial charge in [-0.15, -0.1) is 0 Å². The third kappa shape index (κ3) is 3.23. The number of ether oxygens (including phenoxy) is 2. The van der Waals surface area contributed by atoms with Gasteiger partial charge >= 0.3 is 5.97 Å². The molecule has 4 heteroatoms. The lowest BCUT2D eigenvalue weighted by molar-refractivity contribution is 0.0601. The van der Waals surface area contributed by atoms with Crippen molar-refractivity contribution < 1.29 is 14.3 Å². The number of hydrogen-bond donors (Lipinski definition) is 1. The van der Waals surface area contributed by atoms with Gasteiger partial charge in [0.05, 0.1) is 25.3 Å². The van der Waals surface area contributed by atoms with Crippen LogP contribution in [0.15, 0.2) is 24.3 Å². The summed E-state index contributed by atoms with van der Waals surface area (Å²) in [5.74, 6) is 0.405.